The predicted octanol–water partition coefficient (Wildman–Crippen LogP) is 4.23. The first kappa shape index (κ1) is 19.4. The van der Waals surface area contributed by atoms with Crippen LogP contribution in [-0.2, 0) is 11.3 Å². The third-order valence-electron chi connectivity index (χ3n) is 3.91. The number of amides is 1. The normalized spacial score (nSPS) is 10.6. The van der Waals surface area contributed by atoms with Gasteiger partial charge in [-0.3, -0.25) is 9.48 Å². The van der Waals surface area contributed by atoms with Crippen LogP contribution in [0.4, 0.5) is 5.69 Å². The molecular weight excluding hydrogens is 420 g/mol. The predicted molar refractivity (Wildman–Crippen MR) is 111 cm³/mol. The van der Waals surface area contributed by atoms with E-state index >= 15 is 0 Å². The second-order valence-corrected chi connectivity index (χ2v) is 6.86. The van der Waals surface area contributed by atoms with Crippen molar-refractivity contribution in [3.63, 3.8) is 0 Å². The number of hydrogen-bond donors (Lipinski definition) is 1. The molecule has 3 aromatic rings. The quantitative estimate of drug-likeness (QED) is 0.586. The van der Waals surface area contributed by atoms with E-state index in [1.165, 1.54) is 6.08 Å². The van der Waals surface area contributed by atoms with Gasteiger partial charge in [0.2, 0.25) is 5.91 Å². The van der Waals surface area contributed by atoms with E-state index in [1.54, 1.807) is 36.3 Å². The molecule has 0 fully saturated rings. The number of hydrogen-bond acceptors (Lipinski definition) is 4. The number of carbonyl (C=O) groups is 1. The number of rotatable bonds is 6. The third kappa shape index (κ3) is 5.09. The topological polar surface area (TPSA) is 79.9 Å². The van der Waals surface area contributed by atoms with Crippen LogP contribution in [0.1, 0.15) is 16.7 Å². The summed E-state index contributed by atoms with van der Waals surface area (Å²) >= 11 is 3.41. The Morgan fingerprint density at radius 3 is 3.00 bits per heavy atom. The van der Waals surface area contributed by atoms with Crippen molar-refractivity contribution in [3.8, 4) is 11.8 Å². The second kappa shape index (κ2) is 9.02. The summed E-state index contributed by atoms with van der Waals surface area (Å²) in [5.41, 5.74) is 2.94. The van der Waals surface area contributed by atoms with Gasteiger partial charge in [-0.05, 0) is 42.0 Å². The van der Waals surface area contributed by atoms with E-state index < -0.39 is 0 Å². The molecule has 0 bridgehead atoms. The van der Waals surface area contributed by atoms with Crippen molar-refractivity contribution < 1.29 is 9.53 Å². The average molecular weight is 437 g/mol. The average Bonchev–Trinajstić information content (AvgIpc) is 3.13. The highest BCUT2D eigenvalue weighted by atomic mass is 79.9. The van der Waals surface area contributed by atoms with Gasteiger partial charge in [0.25, 0.3) is 0 Å². The minimum atomic E-state index is -0.270. The molecule has 0 aliphatic heterocycles. The Labute approximate surface area is 171 Å². The molecule has 0 spiro atoms. The Morgan fingerprint density at radius 2 is 2.21 bits per heavy atom. The van der Waals surface area contributed by atoms with E-state index in [9.17, 15) is 4.79 Å². The molecule has 7 heteroatoms. The maximum atomic E-state index is 12.2. The molecule has 0 aliphatic rings. The molecule has 140 valence electrons. The van der Waals surface area contributed by atoms with Crippen LogP contribution in [0.5, 0.6) is 5.75 Å². The van der Waals surface area contributed by atoms with E-state index in [-0.39, 0.29) is 5.91 Å². The van der Waals surface area contributed by atoms with Crippen LogP contribution in [0.15, 0.2) is 65.4 Å². The molecule has 6 nitrogen and oxygen atoms in total. The molecule has 1 heterocycles. The van der Waals surface area contributed by atoms with Gasteiger partial charge in [-0.2, -0.15) is 10.4 Å². The molecule has 0 atom stereocenters. The summed E-state index contributed by atoms with van der Waals surface area (Å²) in [7, 11) is 1.58. The van der Waals surface area contributed by atoms with Crippen LogP contribution in [0.2, 0.25) is 0 Å². The molecule has 1 N–H and O–H groups in total. The number of carbonyl (C=O) groups excluding carboxylic acids is 1. The van der Waals surface area contributed by atoms with E-state index in [2.05, 4.69) is 32.4 Å². The smallest absolute Gasteiger partial charge is 0.248 e. The lowest BCUT2D eigenvalue weighted by atomic mass is 10.1. The minimum absolute atomic E-state index is 0.270. The maximum absolute atomic E-state index is 12.2. The van der Waals surface area contributed by atoms with Crippen LogP contribution in [-0.4, -0.2) is 22.8 Å². The Hall–Kier alpha value is -3.37. The zero-order valence-corrected chi connectivity index (χ0v) is 16.7. The van der Waals surface area contributed by atoms with E-state index in [1.807, 2.05) is 36.4 Å². The molecular formula is C21H17BrN4O2. The zero-order chi connectivity index (χ0) is 19.9. The summed E-state index contributed by atoms with van der Waals surface area (Å²) in [6.07, 6.45) is 6.46. The SMILES string of the molecule is COc1ccc(Br)cc1/C=C/C(=O)Nc1cnn(Cc2cccc(C#N)c2)c1. The molecule has 1 aromatic heterocycles. The van der Waals surface area contributed by atoms with Gasteiger partial charge >= 0.3 is 0 Å². The van der Waals surface area contributed by atoms with Crippen LogP contribution in [0.25, 0.3) is 6.08 Å². The number of benzene rings is 2. The van der Waals surface area contributed by atoms with Gasteiger partial charge in [0, 0.05) is 22.3 Å². The number of ether oxygens (including phenoxy) is 1. The van der Waals surface area contributed by atoms with Gasteiger partial charge < -0.3 is 10.1 Å². The first-order valence-corrected chi connectivity index (χ1v) is 9.21. The fraction of sp³-hybridized carbons (Fsp3) is 0.0952. The Balaban J connectivity index is 1.64. The Morgan fingerprint density at radius 1 is 1.36 bits per heavy atom. The lowest BCUT2D eigenvalue weighted by Crippen LogP contribution is -2.07. The van der Waals surface area contributed by atoms with E-state index in [4.69, 9.17) is 10.00 Å². The number of aromatic nitrogens is 2. The van der Waals surface area contributed by atoms with Gasteiger partial charge in [-0.15, -0.1) is 0 Å². The van der Waals surface area contributed by atoms with Gasteiger partial charge in [0.15, 0.2) is 0 Å². The first-order chi connectivity index (χ1) is 13.6. The summed E-state index contributed by atoms with van der Waals surface area (Å²) < 4.78 is 7.89. The molecule has 0 saturated heterocycles. The molecule has 1 amide bonds. The highest BCUT2D eigenvalue weighted by Crippen LogP contribution is 2.24. The first-order valence-electron chi connectivity index (χ1n) is 8.41. The summed E-state index contributed by atoms with van der Waals surface area (Å²) in [5, 5.41) is 16.0. The highest BCUT2D eigenvalue weighted by molar-refractivity contribution is 9.10. The van der Waals surface area contributed by atoms with Crippen LogP contribution < -0.4 is 10.1 Å². The van der Waals surface area contributed by atoms with Gasteiger partial charge in [0.1, 0.15) is 5.75 Å². The van der Waals surface area contributed by atoms with E-state index in [0.29, 0.717) is 23.5 Å². The van der Waals surface area contributed by atoms with Crippen LogP contribution in [0.3, 0.4) is 0 Å². The number of nitrogens with one attached hydrogen (secondary N) is 1. The second-order valence-electron chi connectivity index (χ2n) is 5.95. The van der Waals surface area contributed by atoms with Crippen molar-refractivity contribution in [1.82, 2.24) is 9.78 Å². The summed E-state index contributed by atoms with van der Waals surface area (Å²) in [5.74, 6) is 0.410. The Kier molecular flexibility index (Phi) is 6.25. The molecule has 0 aliphatic carbocycles. The lowest BCUT2D eigenvalue weighted by Gasteiger charge is -2.05. The van der Waals surface area contributed by atoms with Crippen LogP contribution in [0, 0.1) is 11.3 Å². The van der Waals surface area contributed by atoms with Crippen molar-refractivity contribution in [2.75, 3.05) is 12.4 Å². The van der Waals surface area contributed by atoms with Crippen molar-refractivity contribution >= 4 is 33.6 Å². The fourth-order valence-electron chi connectivity index (χ4n) is 2.63. The fourth-order valence-corrected chi connectivity index (χ4v) is 3.00. The van der Waals surface area contributed by atoms with Crippen molar-refractivity contribution in [1.29, 1.82) is 5.26 Å². The van der Waals surface area contributed by atoms with Crippen molar-refractivity contribution in [3.05, 3.63) is 82.1 Å². The number of halogens is 1. The minimum Gasteiger partial charge on any atom is -0.496 e. The largest absolute Gasteiger partial charge is 0.496 e. The standard InChI is InChI=1S/C21H17BrN4O2/c1-28-20-7-6-18(22)10-17(20)5-8-21(27)25-19-12-24-26(14-19)13-16-4-2-3-15(9-16)11-23/h2-10,12,14H,13H2,1H3,(H,25,27)/b8-5+. The van der Waals surface area contributed by atoms with Crippen molar-refractivity contribution in [2.24, 2.45) is 0 Å². The Bertz CT molecular complexity index is 1070. The third-order valence-corrected chi connectivity index (χ3v) is 4.40. The van der Waals surface area contributed by atoms with Crippen LogP contribution >= 0.6 is 15.9 Å². The zero-order valence-electron chi connectivity index (χ0n) is 15.1. The molecule has 0 radical (unpaired) electrons. The van der Waals surface area contributed by atoms with Gasteiger partial charge in [-0.25, -0.2) is 0 Å². The molecule has 2 aromatic carbocycles. The molecule has 28 heavy (non-hydrogen) atoms. The molecule has 0 saturated carbocycles. The highest BCUT2D eigenvalue weighted by Gasteiger charge is 2.05. The summed E-state index contributed by atoms with van der Waals surface area (Å²) in [4.78, 5) is 12.2. The number of nitrogens with zero attached hydrogens (tertiary/aromatic N) is 3. The maximum Gasteiger partial charge on any atom is 0.248 e. The van der Waals surface area contributed by atoms with Gasteiger partial charge in [0.05, 0.1) is 37.2 Å². The summed E-state index contributed by atoms with van der Waals surface area (Å²) in [6.45, 7) is 0.510. The number of nitriles is 1. The molecule has 3 rings (SSSR count). The number of anilines is 1. The van der Waals surface area contributed by atoms with E-state index in [0.717, 1.165) is 15.6 Å². The number of methoxy groups -OCH3 is 1. The monoisotopic (exact) mass is 436 g/mol. The van der Waals surface area contributed by atoms with Gasteiger partial charge in [-0.1, -0.05) is 28.1 Å². The summed E-state index contributed by atoms with van der Waals surface area (Å²) in [6, 6.07) is 15.0. The lowest BCUT2D eigenvalue weighted by molar-refractivity contribution is -0.111. The van der Waals surface area contributed by atoms with Crippen molar-refractivity contribution in [2.45, 2.75) is 6.54 Å². The molecule has 0 unspecified atom stereocenters.